The van der Waals surface area contributed by atoms with Crippen LogP contribution >= 0.6 is 0 Å². The predicted molar refractivity (Wildman–Crippen MR) is 123 cm³/mol. The van der Waals surface area contributed by atoms with Crippen LogP contribution in [0.5, 0.6) is 0 Å². The Morgan fingerprint density at radius 3 is 2.11 bits per heavy atom. The summed E-state index contributed by atoms with van der Waals surface area (Å²) >= 11 is 0. The molecular formula is C24H31F3N4O4. The maximum atomic E-state index is 13.1. The normalized spacial score (nSPS) is 16.5. The van der Waals surface area contributed by atoms with E-state index in [0.717, 1.165) is 12.1 Å². The minimum Gasteiger partial charge on any atom is -0.459 e. The largest absolute Gasteiger partial charge is 0.459 e. The van der Waals surface area contributed by atoms with Gasteiger partial charge in [0.1, 0.15) is 23.6 Å². The number of esters is 1. The molecule has 192 valence electrons. The van der Waals surface area contributed by atoms with Gasteiger partial charge >= 0.3 is 18.2 Å². The van der Waals surface area contributed by atoms with Gasteiger partial charge < -0.3 is 14.4 Å². The molecule has 1 amide bonds. The molecule has 0 fully saturated rings. The summed E-state index contributed by atoms with van der Waals surface area (Å²) in [6, 6.07) is 5.91. The van der Waals surface area contributed by atoms with Gasteiger partial charge in [-0.25, -0.2) is 9.48 Å². The molecule has 1 unspecified atom stereocenters. The Morgan fingerprint density at radius 2 is 1.57 bits per heavy atom. The molecule has 0 saturated heterocycles. The van der Waals surface area contributed by atoms with Crippen LogP contribution in [0.1, 0.15) is 47.1 Å². The molecular weight excluding hydrogens is 465 g/mol. The number of anilines is 2. The van der Waals surface area contributed by atoms with E-state index in [1.54, 1.807) is 63.4 Å². The maximum Gasteiger partial charge on any atom is 0.416 e. The van der Waals surface area contributed by atoms with Crippen molar-refractivity contribution in [3.63, 3.8) is 0 Å². The molecule has 1 aromatic heterocycles. The molecule has 2 heterocycles. The summed E-state index contributed by atoms with van der Waals surface area (Å²) in [5, 5.41) is 4.29. The van der Waals surface area contributed by atoms with Gasteiger partial charge in [-0.1, -0.05) is 0 Å². The fourth-order valence-corrected chi connectivity index (χ4v) is 3.70. The average molecular weight is 497 g/mol. The summed E-state index contributed by atoms with van der Waals surface area (Å²) in [4.78, 5) is 28.8. The highest BCUT2D eigenvalue weighted by Crippen LogP contribution is 2.34. The van der Waals surface area contributed by atoms with Gasteiger partial charge in [0.25, 0.3) is 0 Å². The molecule has 2 aromatic rings. The van der Waals surface area contributed by atoms with Gasteiger partial charge in [0, 0.05) is 18.3 Å². The van der Waals surface area contributed by atoms with Gasteiger partial charge in [0.15, 0.2) is 0 Å². The number of hydrogen-bond acceptors (Lipinski definition) is 6. The zero-order valence-electron chi connectivity index (χ0n) is 20.7. The summed E-state index contributed by atoms with van der Waals surface area (Å²) in [5.41, 5.74) is -1.82. The van der Waals surface area contributed by atoms with Crippen LogP contribution in [0.2, 0.25) is 0 Å². The van der Waals surface area contributed by atoms with E-state index in [1.807, 2.05) is 0 Å². The molecule has 0 saturated carbocycles. The van der Waals surface area contributed by atoms with Crippen molar-refractivity contribution in [1.29, 1.82) is 0 Å². The number of carbonyl (C=O) groups is 2. The number of hydrogen-bond donors (Lipinski definition) is 0. The topological polar surface area (TPSA) is 76.9 Å². The van der Waals surface area contributed by atoms with Crippen molar-refractivity contribution in [3.05, 3.63) is 42.1 Å². The first-order valence-electron chi connectivity index (χ1n) is 11.2. The molecule has 3 rings (SSSR count). The second-order valence-electron chi connectivity index (χ2n) is 10.4. The molecule has 0 bridgehead atoms. The Labute approximate surface area is 202 Å². The number of halogens is 3. The first-order chi connectivity index (χ1) is 16.0. The highest BCUT2D eigenvalue weighted by Gasteiger charge is 2.37. The Kier molecular flexibility index (Phi) is 7.10. The van der Waals surface area contributed by atoms with E-state index in [0.29, 0.717) is 11.5 Å². The summed E-state index contributed by atoms with van der Waals surface area (Å²) in [6.45, 7) is 10.5. The second-order valence-corrected chi connectivity index (χ2v) is 10.4. The summed E-state index contributed by atoms with van der Waals surface area (Å²) < 4.78 is 51.8. The molecule has 1 aromatic carbocycles. The first-order valence-corrected chi connectivity index (χ1v) is 11.2. The second kappa shape index (κ2) is 9.43. The van der Waals surface area contributed by atoms with Crippen molar-refractivity contribution in [3.8, 4) is 0 Å². The molecule has 0 spiro atoms. The van der Waals surface area contributed by atoms with Crippen LogP contribution in [-0.2, 0) is 27.0 Å². The van der Waals surface area contributed by atoms with Crippen molar-refractivity contribution in [1.82, 2.24) is 14.7 Å². The zero-order chi connectivity index (χ0) is 26.2. The van der Waals surface area contributed by atoms with E-state index in [2.05, 4.69) is 5.10 Å². The van der Waals surface area contributed by atoms with Gasteiger partial charge in [0.05, 0.1) is 24.3 Å². The molecule has 0 radical (unpaired) electrons. The minimum atomic E-state index is -4.45. The van der Waals surface area contributed by atoms with Crippen LogP contribution in [0.3, 0.4) is 0 Å². The Balaban J connectivity index is 1.93. The average Bonchev–Trinajstić information content (AvgIpc) is 3.16. The van der Waals surface area contributed by atoms with Crippen molar-refractivity contribution in [2.24, 2.45) is 0 Å². The lowest BCUT2D eigenvalue weighted by Crippen LogP contribution is -2.54. The van der Waals surface area contributed by atoms with Crippen LogP contribution < -0.4 is 4.90 Å². The SMILES string of the molecule is CC(C)(C)OC(=O)CN(C(=O)OC(C)(C)C)C1CN(c2ccc(C(F)(F)F)cc2)c2ccnn2C1. The maximum absolute atomic E-state index is 13.1. The molecule has 35 heavy (non-hydrogen) atoms. The van der Waals surface area contributed by atoms with Crippen molar-refractivity contribution in [2.45, 2.75) is 71.5 Å². The van der Waals surface area contributed by atoms with Gasteiger partial charge in [-0.05, 0) is 65.8 Å². The molecule has 1 aliphatic rings. The van der Waals surface area contributed by atoms with Gasteiger partial charge in [-0.2, -0.15) is 18.3 Å². The van der Waals surface area contributed by atoms with Gasteiger partial charge in [0.2, 0.25) is 0 Å². The minimum absolute atomic E-state index is 0.207. The van der Waals surface area contributed by atoms with E-state index >= 15 is 0 Å². The Hall–Kier alpha value is -3.24. The number of alkyl halides is 3. The highest BCUT2D eigenvalue weighted by atomic mass is 19.4. The summed E-state index contributed by atoms with van der Waals surface area (Å²) in [7, 11) is 0. The molecule has 1 atom stereocenters. The number of aromatic nitrogens is 2. The third kappa shape index (κ3) is 6.89. The summed E-state index contributed by atoms with van der Waals surface area (Å²) in [5.74, 6) is 0.0538. The molecule has 1 aliphatic heterocycles. The number of fused-ring (bicyclic) bond motifs is 1. The quantitative estimate of drug-likeness (QED) is 0.555. The number of carbonyl (C=O) groups excluding carboxylic acids is 2. The zero-order valence-corrected chi connectivity index (χ0v) is 20.7. The third-order valence-corrected chi connectivity index (χ3v) is 5.04. The highest BCUT2D eigenvalue weighted by molar-refractivity contribution is 5.79. The molecule has 11 heteroatoms. The number of amides is 1. The third-order valence-electron chi connectivity index (χ3n) is 5.04. The summed E-state index contributed by atoms with van der Waals surface area (Å²) in [6.07, 6.45) is -3.58. The van der Waals surface area contributed by atoms with Crippen LogP contribution in [0, 0.1) is 0 Å². The van der Waals surface area contributed by atoms with Crippen LogP contribution in [0.15, 0.2) is 36.5 Å². The lowest BCUT2D eigenvalue weighted by atomic mass is 10.1. The van der Waals surface area contributed by atoms with Crippen molar-refractivity contribution < 1.29 is 32.2 Å². The van der Waals surface area contributed by atoms with E-state index in [-0.39, 0.29) is 19.6 Å². The lowest BCUT2D eigenvalue weighted by molar-refractivity contribution is -0.156. The molecule has 0 N–H and O–H groups in total. The number of benzene rings is 1. The van der Waals surface area contributed by atoms with Crippen LogP contribution in [0.4, 0.5) is 29.5 Å². The van der Waals surface area contributed by atoms with E-state index in [9.17, 15) is 22.8 Å². The number of rotatable bonds is 4. The van der Waals surface area contributed by atoms with E-state index < -0.39 is 41.0 Å². The fourth-order valence-electron chi connectivity index (χ4n) is 3.70. The number of nitrogens with zero attached hydrogens (tertiary/aromatic N) is 4. The fraction of sp³-hybridized carbons (Fsp3) is 0.542. The van der Waals surface area contributed by atoms with E-state index in [4.69, 9.17) is 9.47 Å². The van der Waals surface area contributed by atoms with Crippen molar-refractivity contribution in [2.75, 3.05) is 18.0 Å². The van der Waals surface area contributed by atoms with E-state index in [1.165, 1.54) is 17.0 Å². The Bertz CT molecular complexity index is 1050. The molecule has 0 aliphatic carbocycles. The van der Waals surface area contributed by atoms with Crippen LogP contribution in [0.25, 0.3) is 0 Å². The van der Waals surface area contributed by atoms with Crippen LogP contribution in [-0.4, -0.2) is 57.1 Å². The number of ether oxygens (including phenoxy) is 2. The van der Waals surface area contributed by atoms with Gasteiger partial charge in [-0.15, -0.1) is 0 Å². The Morgan fingerprint density at radius 1 is 0.971 bits per heavy atom. The smallest absolute Gasteiger partial charge is 0.416 e. The lowest BCUT2D eigenvalue weighted by Gasteiger charge is -2.40. The van der Waals surface area contributed by atoms with Gasteiger partial charge in [-0.3, -0.25) is 9.69 Å². The standard InChI is InChI=1S/C24H31F3N4O4/c1-22(2,3)34-20(32)15-30(21(33)35-23(4,5)6)18-13-29(19-11-12-28-31(19)14-18)17-9-7-16(8-10-17)24(25,26)27/h7-12,18H,13-15H2,1-6H3. The van der Waals surface area contributed by atoms with Crippen molar-refractivity contribution >= 4 is 23.6 Å². The molecule has 8 nitrogen and oxygen atoms in total. The predicted octanol–water partition coefficient (Wildman–Crippen LogP) is 5.00. The first kappa shape index (κ1) is 26.4. The monoisotopic (exact) mass is 496 g/mol.